The van der Waals surface area contributed by atoms with Crippen molar-refractivity contribution in [2.45, 2.75) is 32.7 Å². The maximum Gasteiger partial charge on any atom is 0.226 e. The second-order valence-electron chi connectivity index (χ2n) is 5.13. The molecule has 0 saturated carbocycles. The van der Waals surface area contributed by atoms with Crippen LogP contribution < -0.4 is 5.32 Å². The lowest BCUT2D eigenvalue weighted by atomic mass is 10.00. The molecule has 0 radical (unpaired) electrons. The molecule has 21 heavy (non-hydrogen) atoms. The van der Waals surface area contributed by atoms with Crippen molar-refractivity contribution in [2.24, 2.45) is 5.92 Å². The van der Waals surface area contributed by atoms with Crippen LogP contribution in [0.2, 0.25) is 0 Å². The van der Waals surface area contributed by atoms with Gasteiger partial charge in [0, 0.05) is 17.8 Å². The van der Waals surface area contributed by atoms with Gasteiger partial charge in [0.05, 0.1) is 24.8 Å². The molecule has 0 aliphatic heterocycles. The highest BCUT2D eigenvalue weighted by molar-refractivity contribution is 7.12. The first-order valence-electron chi connectivity index (χ1n) is 7.12. The summed E-state index contributed by atoms with van der Waals surface area (Å²) in [5.41, 5.74) is 0.752. The quantitative estimate of drug-likeness (QED) is 0.822. The van der Waals surface area contributed by atoms with Gasteiger partial charge in [-0.25, -0.2) is 4.98 Å². The van der Waals surface area contributed by atoms with Crippen LogP contribution in [0.15, 0.2) is 29.9 Å². The van der Waals surface area contributed by atoms with Crippen molar-refractivity contribution in [3.05, 3.63) is 35.6 Å². The van der Waals surface area contributed by atoms with Crippen LogP contribution in [0, 0.1) is 5.92 Å². The second-order valence-corrected chi connectivity index (χ2v) is 5.97. The molecule has 0 aromatic carbocycles. The van der Waals surface area contributed by atoms with Crippen LogP contribution in [0.25, 0.3) is 5.13 Å². The number of thiazole rings is 1. The fraction of sp³-hybridized carbons (Fsp3) is 0.467. The number of carbonyl (C=O) groups is 1. The van der Waals surface area contributed by atoms with Gasteiger partial charge in [-0.3, -0.25) is 4.79 Å². The van der Waals surface area contributed by atoms with E-state index in [-0.39, 0.29) is 30.9 Å². The molecule has 2 aromatic rings. The van der Waals surface area contributed by atoms with Crippen LogP contribution in [0.4, 0.5) is 0 Å². The Balaban J connectivity index is 1.94. The molecule has 0 fully saturated rings. The Hall–Kier alpha value is -1.66. The standard InChI is InChI=1S/C15H21N3O2S/c1-3-11(2)13(9-19)17-14(20)8-12-10-21-15(16-12)18-6-4-5-7-18/h4-7,10-11,13,19H,3,8-9H2,1-2H3,(H,17,20)/t11-,13-/m1/s1. The molecule has 1 amide bonds. The Morgan fingerprint density at radius 3 is 2.81 bits per heavy atom. The molecular weight excluding hydrogens is 286 g/mol. The normalized spacial score (nSPS) is 13.9. The van der Waals surface area contributed by atoms with Crippen molar-refractivity contribution in [3.8, 4) is 5.13 Å². The predicted octanol–water partition coefficient (Wildman–Crippen LogP) is 2.00. The third-order valence-electron chi connectivity index (χ3n) is 3.58. The Morgan fingerprint density at radius 2 is 2.19 bits per heavy atom. The Kier molecular flexibility index (Phi) is 5.52. The van der Waals surface area contributed by atoms with E-state index >= 15 is 0 Å². The van der Waals surface area contributed by atoms with Crippen molar-refractivity contribution >= 4 is 17.2 Å². The molecule has 2 atom stereocenters. The van der Waals surface area contributed by atoms with E-state index in [0.29, 0.717) is 0 Å². The van der Waals surface area contributed by atoms with Gasteiger partial charge >= 0.3 is 0 Å². The van der Waals surface area contributed by atoms with Crippen LogP contribution in [0.5, 0.6) is 0 Å². The van der Waals surface area contributed by atoms with Crippen molar-refractivity contribution in [2.75, 3.05) is 6.61 Å². The summed E-state index contributed by atoms with van der Waals surface area (Å²) in [4.78, 5) is 16.5. The number of nitrogens with zero attached hydrogens (tertiary/aromatic N) is 2. The minimum absolute atomic E-state index is 0.0353. The molecule has 0 aliphatic rings. The highest BCUT2D eigenvalue weighted by Gasteiger charge is 2.18. The van der Waals surface area contributed by atoms with Crippen molar-refractivity contribution in [1.82, 2.24) is 14.9 Å². The van der Waals surface area contributed by atoms with E-state index in [1.54, 1.807) is 0 Å². The summed E-state index contributed by atoms with van der Waals surface area (Å²) >= 11 is 1.51. The molecule has 2 rings (SSSR count). The first-order chi connectivity index (χ1) is 10.1. The van der Waals surface area contributed by atoms with E-state index in [9.17, 15) is 9.90 Å². The highest BCUT2D eigenvalue weighted by atomic mass is 32.1. The molecule has 0 unspecified atom stereocenters. The van der Waals surface area contributed by atoms with Crippen LogP contribution in [-0.4, -0.2) is 33.2 Å². The van der Waals surface area contributed by atoms with E-state index in [1.807, 2.05) is 48.3 Å². The van der Waals surface area contributed by atoms with Crippen LogP contribution in [0.3, 0.4) is 0 Å². The molecule has 114 valence electrons. The highest BCUT2D eigenvalue weighted by Crippen LogP contribution is 2.15. The first kappa shape index (κ1) is 15.7. The lowest BCUT2D eigenvalue weighted by molar-refractivity contribution is -0.121. The Morgan fingerprint density at radius 1 is 1.48 bits per heavy atom. The van der Waals surface area contributed by atoms with E-state index in [4.69, 9.17) is 0 Å². The zero-order valence-electron chi connectivity index (χ0n) is 12.3. The van der Waals surface area contributed by atoms with Gasteiger partial charge in [-0.2, -0.15) is 0 Å². The summed E-state index contributed by atoms with van der Waals surface area (Å²) in [6.07, 6.45) is 5.01. The molecule has 0 saturated heterocycles. The van der Waals surface area contributed by atoms with Crippen molar-refractivity contribution in [3.63, 3.8) is 0 Å². The maximum absolute atomic E-state index is 12.0. The zero-order chi connectivity index (χ0) is 15.2. The van der Waals surface area contributed by atoms with Gasteiger partial charge in [-0.1, -0.05) is 20.3 Å². The minimum Gasteiger partial charge on any atom is -0.394 e. The number of aliphatic hydroxyl groups is 1. The molecule has 6 heteroatoms. The third kappa shape index (κ3) is 4.15. The Bertz CT molecular complexity index is 565. The molecule has 2 heterocycles. The molecular formula is C15H21N3O2S. The number of aromatic nitrogens is 2. The summed E-state index contributed by atoms with van der Waals surface area (Å²) < 4.78 is 1.92. The lowest BCUT2D eigenvalue weighted by Gasteiger charge is -2.21. The topological polar surface area (TPSA) is 67.2 Å². The fourth-order valence-corrected chi connectivity index (χ4v) is 2.82. The summed E-state index contributed by atoms with van der Waals surface area (Å²) in [6, 6.07) is 3.68. The second kappa shape index (κ2) is 7.38. The van der Waals surface area contributed by atoms with Gasteiger partial charge in [-0.05, 0) is 18.1 Å². The summed E-state index contributed by atoms with van der Waals surface area (Å²) in [5, 5.41) is 15.0. The average molecular weight is 307 g/mol. The SMILES string of the molecule is CC[C@@H](C)[C@@H](CO)NC(=O)Cc1csc(-n2cccc2)n1. The molecule has 0 spiro atoms. The smallest absolute Gasteiger partial charge is 0.226 e. The van der Waals surface area contributed by atoms with E-state index in [1.165, 1.54) is 11.3 Å². The molecule has 5 nitrogen and oxygen atoms in total. The molecule has 0 bridgehead atoms. The van der Waals surface area contributed by atoms with Crippen LogP contribution in [0.1, 0.15) is 26.0 Å². The average Bonchev–Trinajstić information content (AvgIpc) is 3.14. The maximum atomic E-state index is 12.0. The van der Waals surface area contributed by atoms with E-state index in [2.05, 4.69) is 10.3 Å². The first-order valence-corrected chi connectivity index (χ1v) is 8.00. The van der Waals surface area contributed by atoms with E-state index in [0.717, 1.165) is 17.2 Å². The number of hydrogen-bond acceptors (Lipinski definition) is 4. The monoisotopic (exact) mass is 307 g/mol. The zero-order valence-corrected chi connectivity index (χ0v) is 13.1. The van der Waals surface area contributed by atoms with Gasteiger partial charge in [-0.15, -0.1) is 11.3 Å². The van der Waals surface area contributed by atoms with Gasteiger partial charge in [0.25, 0.3) is 0 Å². The predicted molar refractivity (Wildman–Crippen MR) is 83.6 cm³/mol. The summed E-state index contributed by atoms with van der Waals surface area (Å²) in [5.74, 6) is 0.156. The largest absolute Gasteiger partial charge is 0.394 e. The van der Waals surface area contributed by atoms with Crippen molar-refractivity contribution in [1.29, 1.82) is 0 Å². The Labute approximate surface area is 128 Å². The number of amides is 1. The van der Waals surface area contributed by atoms with E-state index < -0.39 is 0 Å². The van der Waals surface area contributed by atoms with Gasteiger partial charge in [0.1, 0.15) is 0 Å². The lowest BCUT2D eigenvalue weighted by Crippen LogP contribution is -2.42. The summed E-state index contributed by atoms with van der Waals surface area (Å²) in [6.45, 7) is 4.03. The number of aliphatic hydroxyl groups excluding tert-OH is 1. The molecule has 2 aromatic heterocycles. The van der Waals surface area contributed by atoms with Gasteiger partial charge in [0.2, 0.25) is 5.91 Å². The van der Waals surface area contributed by atoms with Crippen molar-refractivity contribution < 1.29 is 9.90 Å². The number of rotatable bonds is 7. The minimum atomic E-state index is -0.190. The fourth-order valence-electron chi connectivity index (χ4n) is 2.03. The number of hydrogen-bond donors (Lipinski definition) is 2. The van der Waals surface area contributed by atoms with Crippen LogP contribution >= 0.6 is 11.3 Å². The van der Waals surface area contributed by atoms with Gasteiger partial charge in [0.15, 0.2) is 5.13 Å². The van der Waals surface area contributed by atoms with Gasteiger partial charge < -0.3 is 15.0 Å². The number of nitrogens with one attached hydrogen (secondary N) is 1. The molecule has 2 N–H and O–H groups in total. The molecule has 0 aliphatic carbocycles. The summed E-state index contributed by atoms with van der Waals surface area (Å²) in [7, 11) is 0. The third-order valence-corrected chi connectivity index (χ3v) is 4.48. The van der Waals surface area contributed by atoms with Crippen LogP contribution in [-0.2, 0) is 11.2 Å². The number of carbonyl (C=O) groups excluding carboxylic acids is 1.